The minimum absolute atomic E-state index is 0.0157. The third-order valence-electron chi connectivity index (χ3n) is 1.91. The molecule has 0 atom stereocenters. The number of halogens is 7. The van der Waals surface area contributed by atoms with Gasteiger partial charge < -0.3 is 10.1 Å². The van der Waals surface area contributed by atoms with Crippen molar-refractivity contribution in [2.45, 2.75) is 12.8 Å². The molecule has 1 aromatic rings. The molecule has 0 spiro atoms. The molecule has 112 valence electrons. The maximum atomic E-state index is 13.5. The van der Waals surface area contributed by atoms with E-state index in [2.05, 4.69) is 20.7 Å². The van der Waals surface area contributed by atoms with E-state index in [9.17, 15) is 31.1 Å². The Labute approximate surface area is 117 Å². The van der Waals surface area contributed by atoms with Gasteiger partial charge in [-0.3, -0.25) is 4.79 Å². The zero-order valence-electron chi connectivity index (χ0n) is 9.40. The maximum absolute atomic E-state index is 13.5. The van der Waals surface area contributed by atoms with Crippen LogP contribution in [0.4, 0.5) is 26.3 Å². The topological polar surface area (TPSA) is 38.3 Å². The van der Waals surface area contributed by atoms with E-state index < -0.39 is 42.4 Å². The number of carbonyl (C=O) groups is 1. The summed E-state index contributed by atoms with van der Waals surface area (Å²) in [7, 11) is 0. The molecule has 0 saturated heterocycles. The molecule has 0 heterocycles. The Morgan fingerprint density at radius 3 is 2.45 bits per heavy atom. The molecule has 10 heteroatoms. The number of amides is 1. The first-order chi connectivity index (χ1) is 9.10. The van der Waals surface area contributed by atoms with E-state index in [1.54, 1.807) is 0 Å². The second kappa shape index (κ2) is 6.33. The average Bonchev–Trinajstić information content (AvgIpc) is 2.23. The van der Waals surface area contributed by atoms with Crippen LogP contribution in [0.5, 0.6) is 5.75 Å². The monoisotopic (exact) mass is 365 g/mol. The molecule has 0 fully saturated rings. The number of ether oxygens (including phenoxy) is 1. The Balaban J connectivity index is 3.05. The van der Waals surface area contributed by atoms with Crippen LogP contribution in [0, 0.1) is 5.82 Å². The zero-order valence-corrected chi connectivity index (χ0v) is 11.0. The first-order valence-corrected chi connectivity index (χ1v) is 5.68. The lowest BCUT2D eigenvalue weighted by molar-refractivity contribution is -0.123. The molecular formula is C10H6BrF6NO2. The largest absolute Gasteiger partial charge is 0.434 e. The van der Waals surface area contributed by atoms with Crippen molar-refractivity contribution in [3.05, 3.63) is 28.0 Å². The summed E-state index contributed by atoms with van der Waals surface area (Å²) < 4.78 is 77.5. The van der Waals surface area contributed by atoms with Gasteiger partial charge in [0.25, 0.3) is 5.91 Å². The highest BCUT2D eigenvalue weighted by Gasteiger charge is 2.30. The van der Waals surface area contributed by atoms with E-state index in [1.165, 1.54) is 5.32 Å². The molecule has 1 rings (SSSR count). The van der Waals surface area contributed by atoms with Gasteiger partial charge in [0, 0.05) is 4.47 Å². The highest BCUT2D eigenvalue weighted by Crippen LogP contribution is 2.28. The summed E-state index contributed by atoms with van der Waals surface area (Å²) in [4.78, 5) is 11.4. The van der Waals surface area contributed by atoms with Crippen LogP contribution in [0.1, 0.15) is 10.4 Å². The van der Waals surface area contributed by atoms with Gasteiger partial charge in [-0.05, 0) is 12.1 Å². The number of benzene rings is 1. The van der Waals surface area contributed by atoms with Gasteiger partial charge in [-0.1, -0.05) is 15.9 Å². The summed E-state index contributed by atoms with van der Waals surface area (Å²) in [6.07, 6.45) is -4.72. The molecule has 0 aromatic heterocycles. The quantitative estimate of drug-likeness (QED) is 0.829. The van der Waals surface area contributed by atoms with Crippen molar-refractivity contribution >= 4 is 21.8 Å². The Bertz CT molecular complexity index is 505. The van der Waals surface area contributed by atoms with Gasteiger partial charge in [0.1, 0.15) is 23.7 Å². The van der Waals surface area contributed by atoms with Crippen molar-refractivity contribution in [1.29, 1.82) is 0 Å². The Morgan fingerprint density at radius 1 is 1.35 bits per heavy atom. The normalized spacial score (nSPS) is 11.6. The Morgan fingerprint density at radius 2 is 1.95 bits per heavy atom. The Hall–Kier alpha value is -1.45. The lowest BCUT2D eigenvalue weighted by Gasteiger charge is -2.13. The average molecular weight is 366 g/mol. The van der Waals surface area contributed by atoms with Crippen molar-refractivity contribution < 1.29 is 35.9 Å². The molecule has 20 heavy (non-hydrogen) atoms. The molecule has 0 unspecified atom stereocenters. The predicted molar refractivity (Wildman–Crippen MR) is 59.1 cm³/mol. The molecule has 0 aliphatic carbocycles. The Kier molecular flexibility index (Phi) is 5.26. The van der Waals surface area contributed by atoms with E-state index in [4.69, 9.17) is 0 Å². The van der Waals surface area contributed by atoms with E-state index >= 15 is 0 Å². The van der Waals surface area contributed by atoms with E-state index in [0.717, 1.165) is 12.1 Å². The zero-order chi connectivity index (χ0) is 15.5. The SMILES string of the molecule is O=C(NCC(F)(F)F)c1c(F)cc(Br)cc1OC(F)F. The number of hydrogen-bond acceptors (Lipinski definition) is 2. The van der Waals surface area contributed by atoms with Gasteiger partial charge in [0.2, 0.25) is 0 Å². The summed E-state index contributed by atoms with van der Waals surface area (Å²) >= 11 is 2.78. The van der Waals surface area contributed by atoms with Gasteiger partial charge in [0.05, 0.1) is 0 Å². The first kappa shape index (κ1) is 16.6. The van der Waals surface area contributed by atoms with Crippen LogP contribution >= 0.6 is 15.9 Å². The van der Waals surface area contributed by atoms with Crippen LogP contribution in [0.3, 0.4) is 0 Å². The summed E-state index contributed by atoms with van der Waals surface area (Å²) in [6.45, 7) is -5.09. The standard InChI is InChI=1S/C10H6BrF6NO2/c11-4-1-5(12)7(6(2-4)20-9(13)14)8(19)18-3-10(15,16)17/h1-2,9H,3H2,(H,18,19). The predicted octanol–water partition coefficient (Wildman–Crippen LogP) is 3.48. The molecule has 0 bridgehead atoms. The van der Waals surface area contributed by atoms with Crippen LogP contribution in [-0.4, -0.2) is 25.2 Å². The molecule has 3 nitrogen and oxygen atoms in total. The molecular weight excluding hydrogens is 360 g/mol. The number of hydrogen-bond donors (Lipinski definition) is 1. The van der Waals surface area contributed by atoms with Crippen molar-refractivity contribution in [2.75, 3.05) is 6.54 Å². The van der Waals surface area contributed by atoms with Crippen LogP contribution < -0.4 is 10.1 Å². The summed E-state index contributed by atoms with van der Waals surface area (Å²) in [5, 5.41) is 1.37. The fraction of sp³-hybridized carbons (Fsp3) is 0.300. The van der Waals surface area contributed by atoms with Gasteiger partial charge in [-0.25, -0.2) is 4.39 Å². The third-order valence-corrected chi connectivity index (χ3v) is 2.37. The van der Waals surface area contributed by atoms with Gasteiger partial charge in [-0.15, -0.1) is 0 Å². The van der Waals surface area contributed by atoms with Crippen LogP contribution in [-0.2, 0) is 0 Å². The number of alkyl halides is 5. The number of carbonyl (C=O) groups excluding carboxylic acids is 1. The van der Waals surface area contributed by atoms with Gasteiger partial charge in [0.15, 0.2) is 0 Å². The number of rotatable bonds is 4. The van der Waals surface area contributed by atoms with Crippen molar-refractivity contribution in [2.24, 2.45) is 0 Å². The molecule has 0 saturated carbocycles. The molecule has 1 amide bonds. The first-order valence-electron chi connectivity index (χ1n) is 4.89. The minimum Gasteiger partial charge on any atom is -0.434 e. The molecule has 0 aliphatic heterocycles. The molecule has 1 aromatic carbocycles. The van der Waals surface area contributed by atoms with E-state index in [1.807, 2.05) is 0 Å². The summed E-state index contributed by atoms with van der Waals surface area (Å²) in [5.74, 6) is -3.68. The van der Waals surface area contributed by atoms with Crippen LogP contribution in [0.15, 0.2) is 16.6 Å². The van der Waals surface area contributed by atoms with Gasteiger partial charge in [-0.2, -0.15) is 22.0 Å². The highest BCUT2D eigenvalue weighted by atomic mass is 79.9. The molecule has 1 N–H and O–H groups in total. The lowest BCUT2D eigenvalue weighted by atomic mass is 10.1. The second-order valence-corrected chi connectivity index (χ2v) is 4.35. The number of nitrogens with one attached hydrogen (secondary N) is 1. The van der Waals surface area contributed by atoms with Crippen molar-refractivity contribution in [1.82, 2.24) is 5.32 Å². The van der Waals surface area contributed by atoms with Crippen molar-refractivity contribution in [3.8, 4) is 5.75 Å². The maximum Gasteiger partial charge on any atom is 0.405 e. The van der Waals surface area contributed by atoms with E-state index in [-0.39, 0.29) is 4.47 Å². The highest BCUT2D eigenvalue weighted by molar-refractivity contribution is 9.10. The van der Waals surface area contributed by atoms with Crippen LogP contribution in [0.2, 0.25) is 0 Å². The smallest absolute Gasteiger partial charge is 0.405 e. The second-order valence-electron chi connectivity index (χ2n) is 3.44. The van der Waals surface area contributed by atoms with Crippen molar-refractivity contribution in [3.63, 3.8) is 0 Å². The summed E-state index contributed by atoms with van der Waals surface area (Å²) in [6, 6.07) is 1.58. The fourth-order valence-corrected chi connectivity index (χ4v) is 1.64. The fourth-order valence-electron chi connectivity index (χ4n) is 1.23. The molecule has 0 radical (unpaired) electrons. The minimum atomic E-state index is -4.72. The molecule has 0 aliphatic rings. The van der Waals surface area contributed by atoms with E-state index in [0.29, 0.717) is 0 Å². The third kappa shape index (κ3) is 4.91. The van der Waals surface area contributed by atoms with Crippen LogP contribution in [0.25, 0.3) is 0 Å². The van der Waals surface area contributed by atoms with Gasteiger partial charge >= 0.3 is 12.8 Å². The summed E-state index contributed by atoms with van der Waals surface area (Å²) in [5.41, 5.74) is -1.03. The lowest BCUT2D eigenvalue weighted by Crippen LogP contribution is -2.34.